The van der Waals surface area contributed by atoms with E-state index in [1.807, 2.05) is 0 Å². The molecule has 0 unspecified atom stereocenters. The fourth-order valence-electron chi connectivity index (χ4n) is 1.82. The molecule has 0 aliphatic carbocycles. The zero-order valence-electron chi connectivity index (χ0n) is 10.9. The van der Waals surface area contributed by atoms with Crippen LogP contribution in [0.2, 0.25) is 0 Å². The third-order valence-electron chi connectivity index (χ3n) is 2.80. The van der Waals surface area contributed by atoms with Crippen molar-refractivity contribution in [2.75, 3.05) is 19.9 Å². The highest BCUT2D eigenvalue weighted by atomic mass is 79.9. The molecule has 0 bridgehead atoms. The Hall–Kier alpha value is -2.15. The quantitative estimate of drug-likeness (QED) is 0.836. The molecule has 2 heterocycles. The molecule has 2 aromatic rings. The van der Waals surface area contributed by atoms with Crippen LogP contribution in [0.1, 0.15) is 10.6 Å². The highest BCUT2D eigenvalue weighted by Gasteiger charge is 2.14. The van der Waals surface area contributed by atoms with Crippen LogP contribution in [0.25, 0.3) is 0 Å². The van der Waals surface area contributed by atoms with E-state index in [1.54, 1.807) is 30.3 Å². The van der Waals surface area contributed by atoms with Crippen LogP contribution in [-0.4, -0.2) is 25.9 Å². The molecule has 1 amide bonds. The summed E-state index contributed by atoms with van der Waals surface area (Å²) >= 11 is 3.14. The van der Waals surface area contributed by atoms with E-state index in [-0.39, 0.29) is 18.5 Å². The third-order valence-corrected chi connectivity index (χ3v) is 3.22. The van der Waals surface area contributed by atoms with Gasteiger partial charge in [0.1, 0.15) is 12.4 Å². The summed E-state index contributed by atoms with van der Waals surface area (Å²) in [5, 5.41) is 2.70. The lowest BCUT2D eigenvalue weighted by Crippen LogP contribution is -2.27. The van der Waals surface area contributed by atoms with Crippen LogP contribution in [0.4, 0.5) is 0 Å². The number of rotatable bonds is 5. The highest BCUT2D eigenvalue weighted by Crippen LogP contribution is 2.34. The summed E-state index contributed by atoms with van der Waals surface area (Å²) in [5.74, 6) is 2.00. The van der Waals surface area contributed by atoms with Gasteiger partial charge in [-0.3, -0.25) is 4.79 Å². The number of benzene rings is 1. The van der Waals surface area contributed by atoms with E-state index in [1.165, 1.54) is 0 Å². The largest absolute Gasteiger partial charge is 0.492 e. The van der Waals surface area contributed by atoms with Crippen LogP contribution >= 0.6 is 15.9 Å². The number of hydrogen-bond acceptors (Lipinski definition) is 5. The van der Waals surface area contributed by atoms with Gasteiger partial charge in [-0.2, -0.15) is 0 Å². The predicted octanol–water partition coefficient (Wildman–Crippen LogP) is 2.58. The minimum atomic E-state index is -0.282. The van der Waals surface area contributed by atoms with E-state index >= 15 is 0 Å². The molecule has 1 aromatic heterocycles. The number of halogens is 1. The van der Waals surface area contributed by atoms with Gasteiger partial charge in [-0.05, 0) is 40.2 Å². The van der Waals surface area contributed by atoms with Gasteiger partial charge in [-0.25, -0.2) is 0 Å². The number of furan rings is 1. The summed E-state index contributed by atoms with van der Waals surface area (Å²) in [4.78, 5) is 11.7. The molecule has 6 nitrogen and oxygen atoms in total. The van der Waals surface area contributed by atoms with Crippen molar-refractivity contribution in [3.05, 3.63) is 40.8 Å². The first-order chi connectivity index (χ1) is 10.2. The van der Waals surface area contributed by atoms with Gasteiger partial charge >= 0.3 is 0 Å². The Balaban J connectivity index is 1.45. The Morgan fingerprint density at radius 2 is 2.10 bits per heavy atom. The first-order valence-corrected chi connectivity index (χ1v) is 7.08. The molecule has 0 radical (unpaired) electrons. The Labute approximate surface area is 129 Å². The van der Waals surface area contributed by atoms with Gasteiger partial charge in [0.25, 0.3) is 5.91 Å². The lowest BCUT2D eigenvalue weighted by molar-refractivity contribution is 0.0918. The van der Waals surface area contributed by atoms with Crippen molar-refractivity contribution in [1.29, 1.82) is 0 Å². The number of hydrogen-bond donors (Lipinski definition) is 1. The van der Waals surface area contributed by atoms with Gasteiger partial charge in [0.05, 0.1) is 6.54 Å². The Morgan fingerprint density at radius 1 is 1.24 bits per heavy atom. The molecule has 110 valence electrons. The number of amides is 1. The van der Waals surface area contributed by atoms with E-state index in [9.17, 15) is 4.79 Å². The fraction of sp³-hybridized carbons (Fsp3) is 0.214. The van der Waals surface area contributed by atoms with Crippen molar-refractivity contribution in [3.63, 3.8) is 0 Å². The summed E-state index contributed by atoms with van der Waals surface area (Å²) < 4.78 is 21.7. The lowest BCUT2D eigenvalue weighted by Gasteiger charge is -2.07. The van der Waals surface area contributed by atoms with Gasteiger partial charge in [0, 0.05) is 6.07 Å². The molecule has 1 N–H and O–H groups in total. The zero-order chi connectivity index (χ0) is 14.7. The third kappa shape index (κ3) is 3.30. The Bertz CT molecular complexity index is 655. The van der Waals surface area contributed by atoms with Crippen LogP contribution in [0.15, 0.2) is 39.4 Å². The zero-order valence-corrected chi connectivity index (χ0v) is 12.5. The molecule has 21 heavy (non-hydrogen) atoms. The topological polar surface area (TPSA) is 69.9 Å². The number of carbonyl (C=O) groups is 1. The van der Waals surface area contributed by atoms with Crippen molar-refractivity contribution in [2.24, 2.45) is 0 Å². The average molecular weight is 354 g/mol. The number of ether oxygens (including phenoxy) is 3. The SMILES string of the molecule is O=C(NCCOc1ccc2c(c1)OCO2)c1ccc(Br)o1. The van der Waals surface area contributed by atoms with Crippen LogP contribution in [0.3, 0.4) is 0 Å². The van der Waals surface area contributed by atoms with E-state index in [4.69, 9.17) is 18.6 Å². The van der Waals surface area contributed by atoms with Gasteiger partial charge in [0.15, 0.2) is 21.9 Å². The second-order valence-corrected chi connectivity index (χ2v) is 5.00. The van der Waals surface area contributed by atoms with Crippen LogP contribution in [0.5, 0.6) is 17.2 Å². The van der Waals surface area contributed by atoms with E-state index in [0.29, 0.717) is 35.1 Å². The minimum absolute atomic E-state index is 0.230. The molecule has 0 spiro atoms. The number of nitrogens with one attached hydrogen (secondary N) is 1. The molecule has 3 rings (SSSR count). The van der Waals surface area contributed by atoms with Crippen molar-refractivity contribution < 1.29 is 23.4 Å². The monoisotopic (exact) mass is 353 g/mol. The van der Waals surface area contributed by atoms with Crippen LogP contribution in [-0.2, 0) is 0 Å². The number of fused-ring (bicyclic) bond motifs is 1. The molecule has 0 fully saturated rings. The van der Waals surface area contributed by atoms with Crippen LogP contribution < -0.4 is 19.5 Å². The molecule has 0 atom stereocenters. The van der Waals surface area contributed by atoms with E-state index < -0.39 is 0 Å². The fourth-order valence-corrected chi connectivity index (χ4v) is 2.13. The Morgan fingerprint density at radius 3 is 2.90 bits per heavy atom. The van der Waals surface area contributed by atoms with Crippen molar-refractivity contribution in [2.45, 2.75) is 0 Å². The molecule has 1 aliphatic heterocycles. The minimum Gasteiger partial charge on any atom is -0.492 e. The predicted molar refractivity (Wildman–Crippen MR) is 76.8 cm³/mol. The molecule has 1 aromatic carbocycles. The highest BCUT2D eigenvalue weighted by molar-refractivity contribution is 9.10. The first kappa shape index (κ1) is 13.8. The lowest BCUT2D eigenvalue weighted by atomic mass is 10.3. The summed E-state index contributed by atoms with van der Waals surface area (Å²) in [6.07, 6.45) is 0. The standard InChI is InChI=1S/C14H12BrNO5/c15-13-4-3-11(21-13)14(17)16-5-6-18-9-1-2-10-12(7-9)20-8-19-10/h1-4,7H,5-6,8H2,(H,16,17). The first-order valence-electron chi connectivity index (χ1n) is 6.28. The maximum absolute atomic E-state index is 11.7. The van der Waals surface area contributed by atoms with Crippen LogP contribution in [0, 0.1) is 0 Å². The average Bonchev–Trinajstić information content (AvgIpc) is 3.11. The summed E-state index contributed by atoms with van der Waals surface area (Å²) in [6, 6.07) is 8.60. The van der Waals surface area contributed by atoms with E-state index in [2.05, 4.69) is 21.2 Å². The van der Waals surface area contributed by atoms with Gasteiger partial charge in [0.2, 0.25) is 6.79 Å². The van der Waals surface area contributed by atoms with Crippen molar-refractivity contribution >= 4 is 21.8 Å². The molecule has 7 heteroatoms. The van der Waals surface area contributed by atoms with Crippen molar-refractivity contribution in [3.8, 4) is 17.2 Å². The maximum Gasteiger partial charge on any atom is 0.287 e. The van der Waals surface area contributed by atoms with E-state index in [0.717, 1.165) is 0 Å². The molecule has 0 saturated carbocycles. The van der Waals surface area contributed by atoms with Gasteiger partial charge < -0.3 is 23.9 Å². The molecular formula is C14H12BrNO5. The normalized spacial score (nSPS) is 12.2. The smallest absolute Gasteiger partial charge is 0.287 e. The number of carbonyl (C=O) groups excluding carboxylic acids is 1. The molecule has 0 saturated heterocycles. The van der Waals surface area contributed by atoms with Gasteiger partial charge in [-0.1, -0.05) is 0 Å². The Kier molecular flexibility index (Phi) is 4.01. The second kappa shape index (κ2) is 6.09. The molecule has 1 aliphatic rings. The van der Waals surface area contributed by atoms with Gasteiger partial charge in [-0.15, -0.1) is 0 Å². The summed E-state index contributed by atoms with van der Waals surface area (Å²) in [7, 11) is 0. The van der Waals surface area contributed by atoms with Crippen molar-refractivity contribution in [1.82, 2.24) is 5.32 Å². The summed E-state index contributed by atoms with van der Waals surface area (Å²) in [5.41, 5.74) is 0. The summed E-state index contributed by atoms with van der Waals surface area (Å²) in [6.45, 7) is 0.937. The maximum atomic E-state index is 11.7. The molecular weight excluding hydrogens is 342 g/mol. The second-order valence-electron chi connectivity index (χ2n) is 4.22.